The van der Waals surface area contributed by atoms with Crippen LogP contribution in [0.5, 0.6) is 0 Å². The Bertz CT molecular complexity index is 775. The second-order valence-electron chi connectivity index (χ2n) is 4.26. The van der Waals surface area contributed by atoms with E-state index in [0.717, 1.165) is 0 Å². The molecule has 8 heteroatoms. The van der Waals surface area contributed by atoms with Crippen LogP contribution in [0.25, 0.3) is 11.1 Å². The summed E-state index contributed by atoms with van der Waals surface area (Å²) in [6, 6.07) is 5.26. The lowest BCUT2D eigenvalue weighted by atomic mass is 10.3. The van der Waals surface area contributed by atoms with Crippen LogP contribution < -0.4 is 11.1 Å². The van der Waals surface area contributed by atoms with E-state index in [1.807, 2.05) is 0 Å². The second-order valence-corrected chi connectivity index (χ2v) is 4.26. The van der Waals surface area contributed by atoms with Crippen molar-refractivity contribution in [3.05, 3.63) is 30.4 Å². The first kappa shape index (κ1) is 12.2. The summed E-state index contributed by atoms with van der Waals surface area (Å²) in [6.07, 6.45) is 1.40. The van der Waals surface area contributed by atoms with Crippen molar-refractivity contribution in [3.63, 3.8) is 0 Å². The van der Waals surface area contributed by atoms with E-state index in [1.54, 1.807) is 25.1 Å². The Hall–Kier alpha value is -2.90. The summed E-state index contributed by atoms with van der Waals surface area (Å²) in [6.45, 7) is 1.81. The smallest absolute Gasteiger partial charge is 0.246 e. The molecule has 0 aliphatic rings. The van der Waals surface area contributed by atoms with Crippen LogP contribution in [0.2, 0.25) is 0 Å². The fourth-order valence-corrected chi connectivity index (χ4v) is 1.85. The number of oxazole rings is 1. The Morgan fingerprint density at radius 2 is 2.35 bits per heavy atom. The van der Waals surface area contributed by atoms with E-state index in [-0.39, 0.29) is 18.4 Å². The van der Waals surface area contributed by atoms with E-state index in [0.29, 0.717) is 22.7 Å². The molecule has 3 aromatic rings. The molecule has 0 unspecified atom stereocenters. The van der Waals surface area contributed by atoms with Crippen molar-refractivity contribution < 1.29 is 9.21 Å². The third kappa shape index (κ3) is 2.44. The minimum Gasteiger partial charge on any atom is -0.441 e. The average molecular weight is 272 g/mol. The molecule has 3 N–H and O–H groups in total. The maximum absolute atomic E-state index is 11.8. The number of nitrogens with zero attached hydrogens (tertiary/aromatic N) is 4. The number of carbonyl (C=O) groups is 1. The van der Waals surface area contributed by atoms with E-state index in [4.69, 9.17) is 10.2 Å². The Morgan fingerprint density at radius 1 is 1.50 bits per heavy atom. The van der Waals surface area contributed by atoms with Crippen molar-refractivity contribution in [2.24, 2.45) is 0 Å². The van der Waals surface area contributed by atoms with Gasteiger partial charge in [0.25, 0.3) is 0 Å². The summed E-state index contributed by atoms with van der Waals surface area (Å²) in [5.74, 6) is 0.494. The normalized spacial score (nSPS) is 10.8. The molecular weight excluding hydrogens is 260 g/mol. The Kier molecular flexibility index (Phi) is 2.82. The number of nitrogens with one attached hydrogen (secondary N) is 1. The lowest BCUT2D eigenvalue weighted by molar-refractivity contribution is -0.116. The monoisotopic (exact) mass is 272 g/mol. The number of carbonyl (C=O) groups excluding carboxylic acids is 1. The zero-order valence-corrected chi connectivity index (χ0v) is 10.7. The van der Waals surface area contributed by atoms with Crippen molar-refractivity contribution in [2.75, 3.05) is 11.1 Å². The zero-order chi connectivity index (χ0) is 14.1. The lowest BCUT2D eigenvalue weighted by Gasteiger charge is -2.04. The van der Waals surface area contributed by atoms with Gasteiger partial charge in [-0.2, -0.15) is 0 Å². The molecule has 0 aliphatic heterocycles. The van der Waals surface area contributed by atoms with Crippen LogP contribution in [0.4, 0.5) is 11.6 Å². The molecule has 3 rings (SSSR count). The zero-order valence-electron chi connectivity index (χ0n) is 10.7. The Balaban J connectivity index is 1.73. The SMILES string of the molecule is Cc1nc2cc(NC(=O)Cn3cnc(N)n3)ccc2o1. The number of nitrogens with two attached hydrogens (primary N) is 1. The summed E-state index contributed by atoms with van der Waals surface area (Å²) < 4.78 is 6.73. The molecule has 0 saturated carbocycles. The van der Waals surface area contributed by atoms with Crippen LogP contribution in [0.3, 0.4) is 0 Å². The number of nitrogen functional groups attached to an aromatic ring is 1. The number of benzene rings is 1. The first-order valence-electron chi connectivity index (χ1n) is 5.92. The number of amides is 1. The van der Waals surface area contributed by atoms with Gasteiger partial charge in [0.1, 0.15) is 18.4 Å². The van der Waals surface area contributed by atoms with Gasteiger partial charge in [-0.3, -0.25) is 4.79 Å². The molecule has 0 bridgehead atoms. The molecule has 8 nitrogen and oxygen atoms in total. The van der Waals surface area contributed by atoms with E-state index >= 15 is 0 Å². The van der Waals surface area contributed by atoms with Crippen molar-refractivity contribution >= 4 is 28.6 Å². The minimum absolute atomic E-state index is 0.0417. The van der Waals surface area contributed by atoms with Gasteiger partial charge in [0.2, 0.25) is 11.9 Å². The lowest BCUT2D eigenvalue weighted by Crippen LogP contribution is -2.19. The number of hydrogen-bond donors (Lipinski definition) is 2. The first-order valence-corrected chi connectivity index (χ1v) is 5.92. The molecule has 1 aromatic carbocycles. The first-order chi connectivity index (χ1) is 9.60. The van der Waals surface area contributed by atoms with Crippen LogP contribution in [0.15, 0.2) is 28.9 Å². The highest BCUT2D eigenvalue weighted by atomic mass is 16.3. The summed E-state index contributed by atoms with van der Waals surface area (Å²) in [5.41, 5.74) is 7.40. The molecule has 0 aliphatic carbocycles. The predicted molar refractivity (Wildman–Crippen MR) is 71.8 cm³/mol. The second kappa shape index (κ2) is 4.65. The number of anilines is 2. The third-order valence-electron chi connectivity index (χ3n) is 2.64. The van der Waals surface area contributed by atoms with Gasteiger partial charge in [0.05, 0.1) is 0 Å². The molecule has 20 heavy (non-hydrogen) atoms. The Labute approximate surface area is 113 Å². The summed E-state index contributed by atoms with van der Waals surface area (Å²) in [4.78, 5) is 19.8. The summed E-state index contributed by atoms with van der Waals surface area (Å²) >= 11 is 0. The van der Waals surface area contributed by atoms with Crippen molar-refractivity contribution in [1.82, 2.24) is 19.7 Å². The van der Waals surface area contributed by atoms with E-state index < -0.39 is 0 Å². The largest absolute Gasteiger partial charge is 0.441 e. The van der Waals surface area contributed by atoms with Crippen molar-refractivity contribution in [1.29, 1.82) is 0 Å². The van der Waals surface area contributed by atoms with Gasteiger partial charge in [-0.05, 0) is 18.2 Å². The van der Waals surface area contributed by atoms with Crippen LogP contribution in [0.1, 0.15) is 5.89 Å². The van der Waals surface area contributed by atoms with Crippen molar-refractivity contribution in [3.8, 4) is 0 Å². The summed E-state index contributed by atoms with van der Waals surface area (Å²) in [5, 5.41) is 6.59. The van der Waals surface area contributed by atoms with Gasteiger partial charge >= 0.3 is 0 Å². The number of aromatic nitrogens is 4. The van der Waals surface area contributed by atoms with Crippen molar-refractivity contribution in [2.45, 2.75) is 13.5 Å². The topological polar surface area (TPSA) is 112 Å². The van der Waals surface area contributed by atoms with Gasteiger partial charge in [0.15, 0.2) is 11.5 Å². The highest BCUT2D eigenvalue weighted by Gasteiger charge is 2.07. The average Bonchev–Trinajstić information content (AvgIpc) is 2.93. The number of aryl methyl sites for hydroxylation is 1. The number of fused-ring (bicyclic) bond motifs is 1. The van der Waals surface area contributed by atoms with Gasteiger partial charge in [-0.15, -0.1) is 5.10 Å². The minimum atomic E-state index is -0.227. The maximum Gasteiger partial charge on any atom is 0.246 e. The fourth-order valence-electron chi connectivity index (χ4n) is 1.85. The van der Waals surface area contributed by atoms with Crippen LogP contribution in [-0.4, -0.2) is 25.7 Å². The molecular formula is C12H12N6O2. The molecule has 0 spiro atoms. The molecule has 2 aromatic heterocycles. The standard InChI is InChI=1S/C12H12N6O2/c1-7-15-9-4-8(2-3-10(9)20-7)16-11(19)5-18-6-14-12(13)17-18/h2-4,6H,5H2,1H3,(H2,13,17)(H,16,19). The maximum atomic E-state index is 11.8. The Morgan fingerprint density at radius 3 is 3.10 bits per heavy atom. The van der Waals surface area contributed by atoms with Gasteiger partial charge < -0.3 is 15.5 Å². The van der Waals surface area contributed by atoms with Crippen LogP contribution in [-0.2, 0) is 11.3 Å². The van der Waals surface area contributed by atoms with E-state index in [1.165, 1.54) is 11.0 Å². The number of hydrogen-bond acceptors (Lipinski definition) is 6. The highest BCUT2D eigenvalue weighted by molar-refractivity contribution is 5.92. The summed E-state index contributed by atoms with van der Waals surface area (Å²) in [7, 11) is 0. The highest BCUT2D eigenvalue weighted by Crippen LogP contribution is 2.19. The molecule has 102 valence electrons. The van der Waals surface area contributed by atoms with E-state index in [9.17, 15) is 4.79 Å². The molecule has 1 amide bonds. The molecule has 2 heterocycles. The third-order valence-corrected chi connectivity index (χ3v) is 2.64. The predicted octanol–water partition coefficient (Wildman–Crippen LogP) is 0.949. The van der Waals surface area contributed by atoms with Gasteiger partial charge in [0, 0.05) is 12.6 Å². The quantitative estimate of drug-likeness (QED) is 0.734. The molecule has 0 atom stereocenters. The van der Waals surface area contributed by atoms with Crippen LogP contribution >= 0.6 is 0 Å². The van der Waals surface area contributed by atoms with Gasteiger partial charge in [-0.1, -0.05) is 0 Å². The fraction of sp³-hybridized carbons (Fsp3) is 0.167. The molecule has 0 fully saturated rings. The van der Waals surface area contributed by atoms with E-state index in [2.05, 4.69) is 20.4 Å². The molecule has 0 saturated heterocycles. The van der Waals surface area contributed by atoms with Gasteiger partial charge in [-0.25, -0.2) is 14.6 Å². The number of rotatable bonds is 3. The molecule has 0 radical (unpaired) electrons. The van der Waals surface area contributed by atoms with Crippen LogP contribution in [0, 0.1) is 6.92 Å².